The van der Waals surface area contributed by atoms with Gasteiger partial charge in [-0.15, -0.1) is 0 Å². The van der Waals surface area contributed by atoms with E-state index in [4.69, 9.17) is 9.47 Å². The summed E-state index contributed by atoms with van der Waals surface area (Å²) in [6.07, 6.45) is 3.52. The van der Waals surface area contributed by atoms with Crippen LogP contribution >= 0.6 is 0 Å². The normalized spacial score (nSPS) is 12.5. The van der Waals surface area contributed by atoms with E-state index in [-0.39, 0.29) is 23.5 Å². The molecule has 0 spiro atoms. The van der Waals surface area contributed by atoms with Crippen LogP contribution in [-0.2, 0) is 26.8 Å². The van der Waals surface area contributed by atoms with E-state index < -0.39 is 0 Å². The van der Waals surface area contributed by atoms with Crippen molar-refractivity contribution in [2.24, 2.45) is 0 Å². The van der Waals surface area contributed by atoms with Gasteiger partial charge in [-0.1, -0.05) is 60.7 Å². The predicted molar refractivity (Wildman–Crippen MR) is 141 cm³/mol. The van der Waals surface area contributed by atoms with Crippen molar-refractivity contribution in [2.75, 3.05) is 13.2 Å². The molecule has 0 aliphatic heterocycles. The van der Waals surface area contributed by atoms with Gasteiger partial charge in [0, 0.05) is 5.57 Å². The number of hydrogen-bond acceptors (Lipinski definition) is 3. The summed E-state index contributed by atoms with van der Waals surface area (Å²) < 4.78 is 11.3. The van der Waals surface area contributed by atoms with Crippen molar-refractivity contribution in [1.82, 2.24) is 0 Å². The number of aryl methyl sites for hydroxylation is 1. The summed E-state index contributed by atoms with van der Waals surface area (Å²) in [7, 11) is -0.186. The van der Waals surface area contributed by atoms with Crippen LogP contribution in [0.4, 0.5) is 0 Å². The minimum absolute atomic E-state index is 0.186. The smallest absolute Gasteiger partial charge is 0.334 e. The van der Waals surface area contributed by atoms with Gasteiger partial charge in [0.25, 0.3) is 0 Å². The highest BCUT2D eigenvalue weighted by Crippen LogP contribution is 2.32. The quantitative estimate of drug-likeness (QED) is 0.160. The zero-order valence-electron chi connectivity index (χ0n) is 19.4. The maximum absolute atomic E-state index is 12.5. The number of rotatable bonds is 8. The summed E-state index contributed by atoms with van der Waals surface area (Å²) in [4.78, 5) is 16.2. The second kappa shape index (κ2) is 11.1. The van der Waals surface area contributed by atoms with Crippen molar-refractivity contribution in [3.8, 4) is 5.75 Å². The fraction of sp³-hybridized carbons (Fsp3) is 0.129. The Morgan fingerprint density at radius 2 is 1.26 bits per heavy atom. The van der Waals surface area contributed by atoms with E-state index in [0.717, 1.165) is 23.3 Å². The van der Waals surface area contributed by atoms with Crippen molar-refractivity contribution in [3.05, 3.63) is 126 Å². The van der Waals surface area contributed by atoms with Gasteiger partial charge in [-0.25, -0.2) is 4.79 Å². The first-order valence-electron chi connectivity index (χ1n) is 11.8. The van der Waals surface area contributed by atoms with E-state index in [2.05, 4.69) is 66.7 Å². The van der Waals surface area contributed by atoms with E-state index in [1.165, 1.54) is 20.2 Å². The van der Waals surface area contributed by atoms with Crippen LogP contribution in [0.15, 0.2) is 129 Å². The molecule has 5 rings (SSSR count). The van der Waals surface area contributed by atoms with Crippen LogP contribution in [0.2, 0.25) is 0 Å². The summed E-state index contributed by atoms with van der Waals surface area (Å²) in [5.41, 5.74) is 3.10. The fourth-order valence-electron chi connectivity index (χ4n) is 4.17. The first-order chi connectivity index (χ1) is 17.3. The predicted octanol–water partition coefficient (Wildman–Crippen LogP) is 6.73. The summed E-state index contributed by atoms with van der Waals surface area (Å²) in [6.45, 7) is 0.538. The molecular formula is C31H27O3S+. The van der Waals surface area contributed by atoms with Crippen LogP contribution in [0, 0.1) is 0 Å². The van der Waals surface area contributed by atoms with Gasteiger partial charge < -0.3 is 9.47 Å². The van der Waals surface area contributed by atoms with Gasteiger partial charge in [0.2, 0.25) is 0 Å². The molecule has 1 aliphatic carbocycles. The molecule has 0 heterocycles. The van der Waals surface area contributed by atoms with Gasteiger partial charge >= 0.3 is 5.97 Å². The molecule has 0 fully saturated rings. The molecule has 4 heteroatoms. The van der Waals surface area contributed by atoms with E-state index in [1.54, 1.807) is 0 Å². The van der Waals surface area contributed by atoms with Crippen molar-refractivity contribution in [1.29, 1.82) is 0 Å². The molecule has 0 amide bonds. The Morgan fingerprint density at radius 1 is 0.657 bits per heavy atom. The second-order valence-corrected chi connectivity index (χ2v) is 10.3. The highest BCUT2D eigenvalue weighted by atomic mass is 32.2. The Kier molecular flexibility index (Phi) is 7.30. The molecule has 0 atom stereocenters. The van der Waals surface area contributed by atoms with Gasteiger partial charge in [0.05, 0.1) is 10.9 Å². The standard InChI is InChI=1S/C31H27O3S/c32-31(26-16-15-24-9-7-8-10-25(24)23-26)34-22-21-33-27-17-19-30(20-18-27)35(28-11-3-1-4-12-28)29-13-5-2-6-14-29/h1-14,17-20,23H,15-16,21-22H2/q+1. The summed E-state index contributed by atoms with van der Waals surface area (Å²) in [6, 6.07) is 37.5. The molecule has 0 saturated heterocycles. The Morgan fingerprint density at radius 3 is 1.94 bits per heavy atom. The zero-order valence-corrected chi connectivity index (χ0v) is 20.2. The molecule has 0 radical (unpaired) electrons. The molecule has 4 aromatic carbocycles. The third-order valence-corrected chi connectivity index (χ3v) is 8.14. The van der Waals surface area contributed by atoms with E-state index in [0.29, 0.717) is 13.0 Å². The average molecular weight is 480 g/mol. The molecule has 0 N–H and O–H groups in total. The fourth-order valence-corrected chi connectivity index (χ4v) is 6.26. The van der Waals surface area contributed by atoms with Crippen molar-refractivity contribution >= 4 is 22.9 Å². The monoisotopic (exact) mass is 479 g/mol. The lowest BCUT2D eigenvalue weighted by Crippen LogP contribution is -2.16. The first-order valence-corrected chi connectivity index (χ1v) is 13.0. The number of benzene rings is 4. The Labute approximate surface area is 209 Å². The number of ether oxygens (including phenoxy) is 2. The molecule has 1 aliphatic rings. The first kappa shape index (κ1) is 23.0. The summed E-state index contributed by atoms with van der Waals surface area (Å²) >= 11 is 0. The van der Waals surface area contributed by atoms with Crippen LogP contribution in [0.3, 0.4) is 0 Å². The zero-order chi connectivity index (χ0) is 23.9. The molecule has 0 saturated carbocycles. The van der Waals surface area contributed by atoms with E-state index >= 15 is 0 Å². The number of hydrogen-bond donors (Lipinski definition) is 0. The summed E-state index contributed by atoms with van der Waals surface area (Å²) in [5, 5.41) is 0. The minimum Gasteiger partial charge on any atom is -0.490 e. The van der Waals surface area contributed by atoms with Gasteiger partial charge in [-0.3, -0.25) is 0 Å². The lowest BCUT2D eigenvalue weighted by Gasteiger charge is -2.15. The van der Waals surface area contributed by atoms with Gasteiger partial charge in [0.15, 0.2) is 14.7 Å². The van der Waals surface area contributed by atoms with E-state index in [1.807, 2.05) is 48.5 Å². The number of fused-ring (bicyclic) bond motifs is 1. The molecule has 0 aromatic heterocycles. The topological polar surface area (TPSA) is 35.5 Å². The van der Waals surface area contributed by atoms with Crippen molar-refractivity contribution in [2.45, 2.75) is 27.5 Å². The molecule has 4 aromatic rings. The maximum Gasteiger partial charge on any atom is 0.334 e. The van der Waals surface area contributed by atoms with Crippen molar-refractivity contribution in [3.63, 3.8) is 0 Å². The van der Waals surface area contributed by atoms with Gasteiger partial charge in [-0.05, 0) is 78.6 Å². The van der Waals surface area contributed by atoms with E-state index in [9.17, 15) is 4.79 Å². The third kappa shape index (κ3) is 5.67. The van der Waals surface area contributed by atoms with Crippen LogP contribution in [-0.4, -0.2) is 19.2 Å². The van der Waals surface area contributed by atoms with Crippen LogP contribution in [0.5, 0.6) is 5.75 Å². The molecular weight excluding hydrogens is 452 g/mol. The van der Waals surface area contributed by atoms with Gasteiger partial charge in [-0.2, -0.15) is 0 Å². The highest BCUT2D eigenvalue weighted by Gasteiger charge is 2.28. The number of carbonyl (C=O) groups is 1. The summed E-state index contributed by atoms with van der Waals surface area (Å²) in [5.74, 6) is 0.508. The molecule has 0 bridgehead atoms. The Bertz CT molecular complexity index is 1260. The third-order valence-electron chi connectivity index (χ3n) is 5.91. The SMILES string of the molecule is O=C(OCCOc1ccc([S+](c2ccccc2)c2ccccc2)cc1)C1=Cc2ccccc2CC1. The highest BCUT2D eigenvalue weighted by molar-refractivity contribution is 7.97. The van der Waals surface area contributed by atoms with Crippen molar-refractivity contribution < 1.29 is 14.3 Å². The molecule has 0 unspecified atom stereocenters. The largest absolute Gasteiger partial charge is 0.490 e. The second-order valence-electron chi connectivity index (χ2n) is 8.26. The molecule has 174 valence electrons. The van der Waals surface area contributed by atoms with Crippen LogP contribution in [0.1, 0.15) is 17.5 Å². The Hall–Kier alpha value is -3.76. The molecule has 35 heavy (non-hydrogen) atoms. The molecule has 3 nitrogen and oxygen atoms in total. The maximum atomic E-state index is 12.5. The van der Waals surface area contributed by atoms with Crippen LogP contribution < -0.4 is 4.74 Å². The minimum atomic E-state index is -0.256. The number of carbonyl (C=O) groups excluding carboxylic acids is 1. The lowest BCUT2D eigenvalue weighted by molar-refractivity contribution is -0.139. The Balaban J connectivity index is 1.18. The van der Waals surface area contributed by atoms with Gasteiger partial charge in [0.1, 0.15) is 19.0 Å². The average Bonchev–Trinajstić information content (AvgIpc) is 2.93. The lowest BCUT2D eigenvalue weighted by atomic mass is 9.92. The number of esters is 1. The van der Waals surface area contributed by atoms with Crippen LogP contribution in [0.25, 0.3) is 6.08 Å².